The lowest BCUT2D eigenvalue weighted by molar-refractivity contribution is -0.137. The molecule has 0 atom stereocenters. The second kappa shape index (κ2) is 7.65. The Kier molecular flexibility index (Phi) is 6.96. The van der Waals surface area contributed by atoms with E-state index in [4.69, 9.17) is 10.8 Å². The van der Waals surface area contributed by atoms with Crippen molar-refractivity contribution in [2.75, 3.05) is 13.1 Å². The second-order valence-electron chi connectivity index (χ2n) is 4.90. The van der Waals surface area contributed by atoms with Crippen molar-refractivity contribution in [3.8, 4) is 0 Å². The lowest BCUT2D eigenvalue weighted by Crippen LogP contribution is -2.41. The second-order valence-corrected chi connectivity index (χ2v) is 4.90. The molecule has 0 aliphatic rings. The Hall–Kier alpha value is -1.63. The molecule has 18 heavy (non-hydrogen) atoms. The maximum atomic E-state index is 11.0. The number of carbonyl (C=O) groups is 3. The third-order valence-electron chi connectivity index (χ3n) is 2.54. The number of carboxylic acid groups (broad SMARTS) is 1. The summed E-state index contributed by atoms with van der Waals surface area (Å²) in [6, 6.07) is -0.872. The molecule has 0 spiro atoms. The largest absolute Gasteiger partial charge is 0.481 e. The predicted molar refractivity (Wildman–Crippen MR) is 65.9 cm³/mol. The molecule has 0 saturated heterocycles. The number of aliphatic carboxylic acids is 1. The number of primary amides is 1. The number of carbonyl (C=O) groups excluding carboxylic acids is 2. The normalized spacial score (nSPS) is 11.0. The molecule has 7 heteroatoms. The molecule has 0 rings (SSSR count). The number of nitrogens with two attached hydrogens (primary N) is 1. The topological polar surface area (TPSA) is 122 Å². The zero-order valence-electron chi connectivity index (χ0n) is 10.8. The van der Waals surface area contributed by atoms with E-state index >= 15 is 0 Å². The van der Waals surface area contributed by atoms with Crippen molar-refractivity contribution in [2.24, 2.45) is 11.1 Å². The summed E-state index contributed by atoms with van der Waals surface area (Å²) in [7, 11) is 0. The van der Waals surface area contributed by atoms with Crippen LogP contribution in [0.4, 0.5) is 4.79 Å². The van der Waals surface area contributed by atoms with Gasteiger partial charge in [0.25, 0.3) is 0 Å². The third kappa shape index (κ3) is 9.59. The molecule has 0 radical (unpaired) electrons. The van der Waals surface area contributed by atoms with Crippen molar-refractivity contribution < 1.29 is 19.5 Å². The van der Waals surface area contributed by atoms with Crippen molar-refractivity contribution in [1.29, 1.82) is 0 Å². The molecular formula is C11H21N3O4. The average Bonchev–Trinajstić information content (AvgIpc) is 2.21. The number of hydrogen-bond donors (Lipinski definition) is 4. The highest BCUT2D eigenvalue weighted by molar-refractivity contribution is 5.94. The van der Waals surface area contributed by atoms with Crippen molar-refractivity contribution in [1.82, 2.24) is 10.6 Å². The molecular weight excluding hydrogens is 238 g/mol. The third-order valence-corrected chi connectivity index (χ3v) is 2.54. The van der Waals surface area contributed by atoms with Gasteiger partial charge in [-0.15, -0.1) is 0 Å². The maximum absolute atomic E-state index is 11.0. The molecule has 0 saturated carbocycles. The zero-order valence-corrected chi connectivity index (χ0v) is 10.8. The van der Waals surface area contributed by atoms with Crippen molar-refractivity contribution in [3.63, 3.8) is 0 Å². The number of imide groups is 1. The van der Waals surface area contributed by atoms with Gasteiger partial charge in [0.1, 0.15) is 0 Å². The van der Waals surface area contributed by atoms with E-state index in [2.05, 4.69) is 5.32 Å². The Labute approximate surface area is 106 Å². The summed E-state index contributed by atoms with van der Waals surface area (Å²) >= 11 is 0. The number of urea groups is 1. The molecule has 0 heterocycles. The number of amides is 3. The maximum Gasteiger partial charge on any atom is 0.318 e. The van der Waals surface area contributed by atoms with E-state index in [-0.39, 0.29) is 18.4 Å². The van der Waals surface area contributed by atoms with Gasteiger partial charge in [-0.3, -0.25) is 14.9 Å². The minimum Gasteiger partial charge on any atom is -0.481 e. The van der Waals surface area contributed by atoms with Crippen LogP contribution in [0.25, 0.3) is 0 Å². The summed E-state index contributed by atoms with van der Waals surface area (Å²) in [4.78, 5) is 31.9. The van der Waals surface area contributed by atoms with Gasteiger partial charge in [0.05, 0.1) is 6.54 Å². The fourth-order valence-corrected chi connectivity index (χ4v) is 1.38. The summed E-state index contributed by atoms with van der Waals surface area (Å²) in [5.41, 5.74) is 4.67. The number of hydrogen-bond acceptors (Lipinski definition) is 4. The van der Waals surface area contributed by atoms with E-state index in [0.29, 0.717) is 13.0 Å². The van der Waals surface area contributed by atoms with Crippen molar-refractivity contribution >= 4 is 17.9 Å². The SMILES string of the molecule is CC(C)(CCNCC(=O)NC(N)=O)CCC(=O)O. The predicted octanol–water partition coefficient (Wildman–Crippen LogP) is 0.0520. The number of rotatable bonds is 8. The standard InChI is InChI=1S/C11H21N3O4/c1-11(2,4-3-9(16)17)5-6-13-7-8(15)14-10(12)18/h13H,3-7H2,1-2H3,(H,16,17)(H3,12,14,15,18). The fourth-order valence-electron chi connectivity index (χ4n) is 1.38. The molecule has 0 aromatic carbocycles. The highest BCUT2D eigenvalue weighted by atomic mass is 16.4. The van der Waals surface area contributed by atoms with E-state index in [1.807, 2.05) is 19.2 Å². The lowest BCUT2D eigenvalue weighted by Gasteiger charge is -2.23. The van der Waals surface area contributed by atoms with Gasteiger partial charge < -0.3 is 16.2 Å². The molecule has 0 aliphatic heterocycles. The Morgan fingerprint density at radius 3 is 2.33 bits per heavy atom. The van der Waals surface area contributed by atoms with Crippen LogP contribution >= 0.6 is 0 Å². The van der Waals surface area contributed by atoms with E-state index in [1.54, 1.807) is 0 Å². The Morgan fingerprint density at radius 1 is 1.22 bits per heavy atom. The molecule has 0 unspecified atom stereocenters. The van der Waals surface area contributed by atoms with Crippen LogP contribution in [0.2, 0.25) is 0 Å². The first-order chi connectivity index (χ1) is 8.23. The van der Waals surface area contributed by atoms with E-state index < -0.39 is 17.9 Å². The highest BCUT2D eigenvalue weighted by Crippen LogP contribution is 2.25. The van der Waals surface area contributed by atoms with Gasteiger partial charge in [-0.05, 0) is 24.8 Å². The Balaban J connectivity index is 3.72. The number of nitrogens with one attached hydrogen (secondary N) is 2. The molecule has 0 fully saturated rings. The van der Waals surface area contributed by atoms with Gasteiger partial charge in [-0.1, -0.05) is 13.8 Å². The minimum absolute atomic E-state index is 0.0119. The van der Waals surface area contributed by atoms with Gasteiger partial charge in [0.2, 0.25) is 5.91 Å². The van der Waals surface area contributed by atoms with Gasteiger partial charge in [-0.25, -0.2) is 4.79 Å². The van der Waals surface area contributed by atoms with Crippen LogP contribution in [-0.2, 0) is 9.59 Å². The van der Waals surface area contributed by atoms with E-state index in [9.17, 15) is 14.4 Å². The summed E-state index contributed by atoms with van der Waals surface area (Å²) in [6.07, 6.45) is 1.46. The molecule has 0 aliphatic carbocycles. The molecule has 5 N–H and O–H groups in total. The van der Waals surface area contributed by atoms with Crippen LogP contribution in [0, 0.1) is 5.41 Å². The monoisotopic (exact) mass is 259 g/mol. The van der Waals surface area contributed by atoms with Crippen LogP contribution in [0.1, 0.15) is 33.1 Å². The highest BCUT2D eigenvalue weighted by Gasteiger charge is 2.18. The summed E-state index contributed by atoms with van der Waals surface area (Å²) in [6.45, 7) is 4.53. The smallest absolute Gasteiger partial charge is 0.318 e. The summed E-state index contributed by atoms with van der Waals surface area (Å²) < 4.78 is 0. The fraction of sp³-hybridized carbons (Fsp3) is 0.727. The Morgan fingerprint density at radius 2 is 1.83 bits per heavy atom. The van der Waals surface area contributed by atoms with E-state index in [1.165, 1.54) is 0 Å². The average molecular weight is 259 g/mol. The van der Waals surface area contributed by atoms with Crippen LogP contribution in [0.3, 0.4) is 0 Å². The lowest BCUT2D eigenvalue weighted by atomic mass is 9.84. The van der Waals surface area contributed by atoms with Crippen molar-refractivity contribution in [3.05, 3.63) is 0 Å². The zero-order chi connectivity index (χ0) is 14.2. The van der Waals surface area contributed by atoms with Crippen LogP contribution in [0.15, 0.2) is 0 Å². The summed E-state index contributed by atoms with van der Waals surface area (Å²) in [5, 5.41) is 13.4. The quantitative estimate of drug-likeness (QED) is 0.459. The molecule has 3 amide bonds. The van der Waals surface area contributed by atoms with E-state index in [0.717, 1.165) is 6.42 Å². The van der Waals surface area contributed by atoms with Crippen LogP contribution in [-0.4, -0.2) is 36.1 Å². The minimum atomic E-state index is -0.872. The molecule has 104 valence electrons. The van der Waals surface area contributed by atoms with Gasteiger partial charge in [0, 0.05) is 6.42 Å². The molecule has 0 bridgehead atoms. The van der Waals surface area contributed by atoms with Gasteiger partial charge >= 0.3 is 12.0 Å². The van der Waals surface area contributed by atoms with Crippen LogP contribution in [0.5, 0.6) is 0 Å². The van der Waals surface area contributed by atoms with Crippen LogP contribution < -0.4 is 16.4 Å². The summed E-state index contributed by atoms with van der Waals surface area (Å²) in [5.74, 6) is -1.29. The molecule has 7 nitrogen and oxygen atoms in total. The Bertz CT molecular complexity index is 315. The van der Waals surface area contributed by atoms with Gasteiger partial charge in [0.15, 0.2) is 0 Å². The molecule has 0 aromatic rings. The molecule has 0 aromatic heterocycles. The van der Waals surface area contributed by atoms with Gasteiger partial charge in [-0.2, -0.15) is 0 Å². The van der Waals surface area contributed by atoms with Crippen molar-refractivity contribution in [2.45, 2.75) is 33.1 Å². The first-order valence-electron chi connectivity index (χ1n) is 5.75. The first-order valence-corrected chi connectivity index (χ1v) is 5.75. The number of carboxylic acids is 1. The first kappa shape index (κ1) is 16.4.